The molecule has 0 radical (unpaired) electrons. The number of halogens is 1. The summed E-state index contributed by atoms with van der Waals surface area (Å²) in [5.74, 6) is 0.500. The number of nitrogens with one attached hydrogen (secondary N) is 1. The second-order valence-corrected chi connectivity index (χ2v) is 1.89. The second kappa shape index (κ2) is 1.54. The summed E-state index contributed by atoms with van der Waals surface area (Å²) >= 11 is 3.12. The van der Waals surface area contributed by atoms with Crippen LogP contribution in [-0.4, -0.2) is 9.97 Å². The summed E-state index contributed by atoms with van der Waals surface area (Å²) in [5, 5.41) is 0. The standard InChI is InChI=1S/C3H4BrN3/c4-2-3(5)7-1-6-2/h1H,5H2,(H,6,7). The van der Waals surface area contributed by atoms with Crippen molar-refractivity contribution >= 4 is 21.7 Å². The van der Waals surface area contributed by atoms with Crippen molar-refractivity contribution in [3.8, 4) is 0 Å². The molecule has 0 saturated heterocycles. The maximum atomic E-state index is 5.25. The molecule has 0 aliphatic rings. The zero-order chi connectivity index (χ0) is 5.28. The van der Waals surface area contributed by atoms with Gasteiger partial charge in [-0.1, -0.05) is 0 Å². The molecule has 0 amide bonds. The highest BCUT2D eigenvalue weighted by molar-refractivity contribution is 9.10. The molecule has 0 spiro atoms. The summed E-state index contributed by atoms with van der Waals surface area (Å²) in [6.45, 7) is 0. The number of aromatic nitrogens is 2. The van der Waals surface area contributed by atoms with Gasteiger partial charge in [-0.25, -0.2) is 4.98 Å². The number of anilines is 1. The lowest BCUT2D eigenvalue weighted by Gasteiger charge is -1.77. The SMILES string of the molecule is Nc1nc[nH]c1Br. The van der Waals surface area contributed by atoms with Crippen molar-refractivity contribution in [1.29, 1.82) is 0 Å². The molecular weight excluding hydrogens is 158 g/mol. The molecule has 0 aliphatic carbocycles. The molecular formula is C3H4BrN3. The van der Waals surface area contributed by atoms with Crippen LogP contribution >= 0.6 is 15.9 Å². The fourth-order valence-electron chi connectivity index (χ4n) is 0.289. The van der Waals surface area contributed by atoms with Crippen LogP contribution in [-0.2, 0) is 0 Å². The van der Waals surface area contributed by atoms with Gasteiger partial charge < -0.3 is 10.7 Å². The Balaban J connectivity index is 3.12. The lowest BCUT2D eigenvalue weighted by Crippen LogP contribution is -1.82. The van der Waals surface area contributed by atoms with Crippen LogP contribution in [0, 0.1) is 0 Å². The number of rotatable bonds is 0. The number of hydrogen-bond donors (Lipinski definition) is 2. The Labute approximate surface area is 49.1 Å². The highest BCUT2D eigenvalue weighted by Gasteiger charge is 1.90. The number of H-pyrrole nitrogens is 1. The van der Waals surface area contributed by atoms with Gasteiger partial charge in [-0.15, -0.1) is 0 Å². The molecule has 3 N–H and O–H groups in total. The van der Waals surface area contributed by atoms with E-state index < -0.39 is 0 Å². The van der Waals surface area contributed by atoms with Gasteiger partial charge in [0.15, 0.2) is 5.82 Å². The van der Waals surface area contributed by atoms with Gasteiger partial charge in [0, 0.05) is 0 Å². The third-order valence-corrected chi connectivity index (χ3v) is 1.25. The Kier molecular flexibility index (Phi) is 1.02. The van der Waals surface area contributed by atoms with Crippen molar-refractivity contribution in [1.82, 2.24) is 9.97 Å². The van der Waals surface area contributed by atoms with E-state index in [2.05, 4.69) is 25.9 Å². The average Bonchev–Trinajstić information content (AvgIpc) is 1.91. The summed E-state index contributed by atoms with van der Waals surface area (Å²) in [6.07, 6.45) is 1.53. The molecule has 0 atom stereocenters. The molecule has 1 aromatic heterocycles. The van der Waals surface area contributed by atoms with Gasteiger partial charge in [0.25, 0.3) is 0 Å². The van der Waals surface area contributed by atoms with Crippen LogP contribution in [0.2, 0.25) is 0 Å². The van der Waals surface area contributed by atoms with Crippen LogP contribution < -0.4 is 5.73 Å². The van der Waals surface area contributed by atoms with E-state index in [4.69, 9.17) is 5.73 Å². The van der Waals surface area contributed by atoms with Crippen molar-refractivity contribution in [3.05, 3.63) is 10.9 Å². The number of nitrogens with zero attached hydrogens (tertiary/aromatic N) is 1. The molecule has 0 fully saturated rings. The quantitative estimate of drug-likeness (QED) is 0.591. The molecule has 0 aliphatic heterocycles. The topological polar surface area (TPSA) is 54.7 Å². The molecule has 1 aromatic rings. The summed E-state index contributed by atoms with van der Waals surface area (Å²) in [7, 11) is 0. The molecule has 0 saturated carbocycles. The van der Waals surface area contributed by atoms with Crippen molar-refractivity contribution in [2.75, 3.05) is 5.73 Å². The lowest BCUT2D eigenvalue weighted by molar-refractivity contribution is 1.30. The average molecular weight is 162 g/mol. The minimum atomic E-state index is 0.500. The number of imidazole rings is 1. The number of nitrogens with two attached hydrogens (primary N) is 1. The largest absolute Gasteiger partial charge is 0.381 e. The molecule has 0 aromatic carbocycles. The van der Waals surface area contributed by atoms with Gasteiger partial charge in [0.1, 0.15) is 4.60 Å². The summed E-state index contributed by atoms with van der Waals surface area (Å²) in [5.41, 5.74) is 5.25. The van der Waals surface area contributed by atoms with E-state index in [0.717, 1.165) is 4.60 Å². The molecule has 38 valence electrons. The van der Waals surface area contributed by atoms with Crippen molar-refractivity contribution in [2.24, 2.45) is 0 Å². The van der Waals surface area contributed by atoms with E-state index in [0.29, 0.717) is 5.82 Å². The Morgan fingerprint density at radius 2 is 2.57 bits per heavy atom. The zero-order valence-electron chi connectivity index (χ0n) is 3.48. The molecule has 1 heterocycles. The van der Waals surface area contributed by atoms with Crippen LogP contribution in [0.3, 0.4) is 0 Å². The van der Waals surface area contributed by atoms with Crippen molar-refractivity contribution < 1.29 is 0 Å². The highest BCUT2D eigenvalue weighted by atomic mass is 79.9. The monoisotopic (exact) mass is 161 g/mol. The molecule has 0 bridgehead atoms. The minimum absolute atomic E-state index is 0.500. The molecule has 7 heavy (non-hydrogen) atoms. The van der Waals surface area contributed by atoms with Crippen LogP contribution in [0.5, 0.6) is 0 Å². The van der Waals surface area contributed by atoms with E-state index in [9.17, 15) is 0 Å². The molecule has 3 nitrogen and oxygen atoms in total. The summed E-state index contributed by atoms with van der Waals surface area (Å²) in [6, 6.07) is 0. The van der Waals surface area contributed by atoms with E-state index in [1.807, 2.05) is 0 Å². The molecule has 1 rings (SSSR count). The Morgan fingerprint density at radius 3 is 2.71 bits per heavy atom. The summed E-state index contributed by atoms with van der Waals surface area (Å²) in [4.78, 5) is 6.44. The smallest absolute Gasteiger partial charge is 0.156 e. The first-order valence-corrected chi connectivity index (χ1v) is 2.54. The van der Waals surface area contributed by atoms with Gasteiger partial charge in [0.05, 0.1) is 6.33 Å². The number of hydrogen-bond acceptors (Lipinski definition) is 2. The van der Waals surface area contributed by atoms with Gasteiger partial charge >= 0.3 is 0 Å². The maximum absolute atomic E-state index is 5.25. The first kappa shape index (κ1) is 4.64. The van der Waals surface area contributed by atoms with Gasteiger partial charge in [0.2, 0.25) is 0 Å². The fraction of sp³-hybridized carbons (Fsp3) is 0. The predicted octanol–water partition coefficient (Wildman–Crippen LogP) is 0.754. The van der Waals surface area contributed by atoms with Gasteiger partial charge in [-0.3, -0.25) is 0 Å². The van der Waals surface area contributed by atoms with Crippen molar-refractivity contribution in [3.63, 3.8) is 0 Å². The maximum Gasteiger partial charge on any atom is 0.156 e. The normalized spacial score (nSPS) is 9.29. The van der Waals surface area contributed by atoms with Crippen LogP contribution in [0.15, 0.2) is 10.9 Å². The van der Waals surface area contributed by atoms with E-state index >= 15 is 0 Å². The van der Waals surface area contributed by atoms with Crippen molar-refractivity contribution in [2.45, 2.75) is 0 Å². The highest BCUT2D eigenvalue weighted by Crippen LogP contribution is 2.10. The first-order valence-electron chi connectivity index (χ1n) is 1.75. The lowest BCUT2D eigenvalue weighted by atomic mass is 10.8. The Hall–Kier alpha value is -0.510. The van der Waals surface area contributed by atoms with Gasteiger partial charge in [-0.05, 0) is 15.9 Å². The molecule has 0 unspecified atom stereocenters. The predicted molar refractivity (Wildman–Crippen MR) is 30.7 cm³/mol. The van der Waals surface area contributed by atoms with Crippen LogP contribution in [0.1, 0.15) is 0 Å². The van der Waals surface area contributed by atoms with E-state index in [-0.39, 0.29) is 0 Å². The number of nitrogen functional groups attached to an aromatic ring is 1. The Morgan fingerprint density at radius 1 is 1.86 bits per heavy atom. The van der Waals surface area contributed by atoms with Gasteiger partial charge in [-0.2, -0.15) is 0 Å². The fourth-order valence-corrected chi connectivity index (χ4v) is 0.494. The second-order valence-electron chi connectivity index (χ2n) is 1.10. The third kappa shape index (κ3) is 0.742. The summed E-state index contributed by atoms with van der Waals surface area (Å²) < 4.78 is 0.743. The van der Waals surface area contributed by atoms with Crippen LogP contribution in [0.25, 0.3) is 0 Å². The molecule has 4 heteroatoms. The zero-order valence-corrected chi connectivity index (χ0v) is 5.07. The van der Waals surface area contributed by atoms with E-state index in [1.165, 1.54) is 6.33 Å². The first-order chi connectivity index (χ1) is 3.30. The minimum Gasteiger partial charge on any atom is -0.381 e. The van der Waals surface area contributed by atoms with Crippen LogP contribution in [0.4, 0.5) is 5.82 Å². The van der Waals surface area contributed by atoms with E-state index in [1.54, 1.807) is 0 Å². The third-order valence-electron chi connectivity index (χ3n) is 0.620. The Bertz CT molecular complexity index is 142. The number of aromatic amines is 1.